The lowest BCUT2D eigenvalue weighted by atomic mass is 9.96. The summed E-state index contributed by atoms with van der Waals surface area (Å²) in [4.78, 5) is 0. The van der Waals surface area contributed by atoms with Crippen molar-refractivity contribution >= 4 is 0 Å². The molecule has 0 saturated carbocycles. The predicted molar refractivity (Wildman–Crippen MR) is 91.6 cm³/mol. The number of halogens is 3. The minimum Gasteiger partial charge on any atom is -0.494 e. The Labute approximate surface area is 150 Å². The van der Waals surface area contributed by atoms with Gasteiger partial charge in [-0.05, 0) is 43.5 Å². The van der Waals surface area contributed by atoms with E-state index in [4.69, 9.17) is 14.2 Å². The van der Waals surface area contributed by atoms with E-state index >= 15 is 0 Å². The molecule has 26 heavy (non-hydrogen) atoms. The van der Waals surface area contributed by atoms with Crippen LogP contribution < -0.4 is 4.74 Å². The average Bonchev–Trinajstić information content (AvgIpc) is 2.65. The van der Waals surface area contributed by atoms with Crippen LogP contribution in [0.1, 0.15) is 31.4 Å². The molecule has 0 spiro atoms. The summed E-state index contributed by atoms with van der Waals surface area (Å²) >= 11 is 0. The lowest BCUT2D eigenvalue weighted by Crippen LogP contribution is -2.27. The van der Waals surface area contributed by atoms with E-state index in [1.54, 1.807) is 12.1 Å². The average molecular weight is 366 g/mol. The highest BCUT2D eigenvalue weighted by Crippen LogP contribution is 2.34. The van der Waals surface area contributed by atoms with Gasteiger partial charge in [0, 0.05) is 17.7 Å². The molecule has 0 bridgehead atoms. The monoisotopic (exact) mass is 366 g/mol. The molecule has 0 radical (unpaired) electrons. The molecule has 3 nitrogen and oxygen atoms in total. The largest absolute Gasteiger partial charge is 0.494 e. The van der Waals surface area contributed by atoms with Crippen LogP contribution in [0.4, 0.5) is 13.2 Å². The second kappa shape index (κ2) is 8.10. The van der Waals surface area contributed by atoms with Gasteiger partial charge >= 0.3 is 0 Å². The first-order chi connectivity index (χ1) is 12.5. The van der Waals surface area contributed by atoms with Crippen molar-refractivity contribution in [1.82, 2.24) is 0 Å². The molecule has 2 unspecified atom stereocenters. The van der Waals surface area contributed by atoms with Gasteiger partial charge in [-0.2, -0.15) is 4.39 Å². The number of methoxy groups -OCH3 is 1. The normalized spacial score (nSPS) is 20.2. The lowest BCUT2D eigenvalue weighted by Gasteiger charge is -2.29. The summed E-state index contributed by atoms with van der Waals surface area (Å²) in [6, 6.07) is 7.03. The van der Waals surface area contributed by atoms with Gasteiger partial charge in [0.15, 0.2) is 11.6 Å². The second-order valence-electron chi connectivity index (χ2n) is 6.16. The van der Waals surface area contributed by atoms with Crippen molar-refractivity contribution in [2.24, 2.45) is 0 Å². The van der Waals surface area contributed by atoms with E-state index in [9.17, 15) is 13.2 Å². The van der Waals surface area contributed by atoms with Gasteiger partial charge in [-0.25, -0.2) is 8.78 Å². The zero-order valence-corrected chi connectivity index (χ0v) is 14.7. The first-order valence-corrected chi connectivity index (χ1v) is 8.60. The fourth-order valence-electron chi connectivity index (χ4n) is 3.21. The zero-order chi connectivity index (χ0) is 18.7. The predicted octanol–water partition coefficient (Wildman–Crippen LogP) is 5.04. The Bertz CT molecular complexity index is 771. The Morgan fingerprint density at radius 3 is 2.50 bits per heavy atom. The van der Waals surface area contributed by atoms with Crippen molar-refractivity contribution in [1.29, 1.82) is 0 Å². The minimum atomic E-state index is -1.09. The van der Waals surface area contributed by atoms with Crippen molar-refractivity contribution in [3.05, 3.63) is 53.3 Å². The number of benzene rings is 2. The third-order valence-electron chi connectivity index (χ3n) is 4.56. The molecular formula is C20H21F3O3. The Morgan fingerprint density at radius 2 is 1.88 bits per heavy atom. The number of ether oxygens (including phenoxy) is 3. The van der Waals surface area contributed by atoms with Crippen molar-refractivity contribution in [2.75, 3.05) is 20.3 Å². The van der Waals surface area contributed by atoms with Crippen LogP contribution in [-0.2, 0) is 9.47 Å². The third kappa shape index (κ3) is 3.71. The number of hydrogen-bond acceptors (Lipinski definition) is 3. The Balaban J connectivity index is 1.82. The smallest absolute Gasteiger partial charge is 0.201 e. The summed E-state index contributed by atoms with van der Waals surface area (Å²) < 4.78 is 58.7. The molecule has 6 heteroatoms. The van der Waals surface area contributed by atoms with E-state index in [1.807, 2.05) is 6.92 Å². The van der Waals surface area contributed by atoms with Crippen LogP contribution in [0.5, 0.6) is 5.75 Å². The first kappa shape index (κ1) is 18.7. The third-order valence-corrected chi connectivity index (χ3v) is 4.56. The molecule has 2 aromatic rings. The first-order valence-electron chi connectivity index (χ1n) is 8.60. The molecule has 1 aliphatic heterocycles. The molecule has 0 aromatic heterocycles. The van der Waals surface area contributed by atoms with Gasteiger partial charge in [0.1, 0.15) is 5.82 Å². The molecule has 2 atom stereocenters. The maximum Gasteiger partial charge on any atom is 0.201 e. The van der Waals surface area contributed by atoms with Crippen molar-refractivity contribution in [3.63, 3.8) is 0 Å². The van der Waals surface area contributed by atoms with E-state index in [1.165, 1.54) is 25.3 Å². The fourth-order valence-corrected chi connectivity index (χ4v) is 3.21. The zero-order valence-electron chi connectivity index (χ0n) is 14.7. The summed E-state index contributed by atoms with van der Waals surface area (Å²) in [5.41, 5.74) is 0.654. The van der Waals surface area contributed by atoms with Crippen LogP contribution >= 0.6 is 0 Å². The van der Waals surface area contributed by atoms with Crippen molar-refractivity contribution < 1.29 is 27.4 Å². The highest BCUT2D eigenvalue weighted by Gasteiger charge is 2.26. The highest BCUT2D eigenvalue weighted by atomic mass is 19.2. The number of rotatable bonds is 5. The van der Waals surface area contributed by atoms with Gasteiger partial charge in [-0.15, -0.1) is 0 Å². The van der Waals surface area contributed by atoms with Gasteiger partial charge in [-0.1, -0.05) is 12.1 Å². The van der Waals surface area contributed by atoms with Crippen LogP contribution in [0.25, 0.3) is 11.1 Å². The van der Waals surface area contributed by atoms with Crippen LogP contribution in [0.15, 0.2) is 30.3 Å². The quantitative estimate of drug-likeness (QED) is 0.742. The van der Waals surface area contributed by atoms with Gasteiger partial charge in [-0.3, -0.25) is 0 Å². The van der Waals surface area contributed by atoms with Crippen LogP contribution in [-0.4, -0.2) is 26.4 Å². The molecule has 0 amide bonds. The molecule has 1 heterocycles. The topological polar surface area (TPSA) is 27.7 Å². The van der Waals surface area contributed by atoms with E-state index in [2.05, 4.69) is 0 Å². The number of hydrogen-bond donors (Lipinski definition) is 0. The summed E-state index contributed by atoms with van der Waals surface area (Å²) in [6.07, 6.45) is 1.11. The van der Waals surface area contributed by atoms with Crippen molar-refractivity contribution in [2.45, 2.75) is 32.0 Å². The fraction of sp³-hybridized carbons (Fsp3) is 0.400. The van der Waals surface area contributed by atoms with E-state index in [0.29, 0.717) is 25.2 Å². The Morgan fingerprint density at radius 1 is 1.08 bits per heavy atom. The standard InChI is InChI=1S/C20H21F3O3/c1-3-25-13-5-8-17(26-11-13)15-6-4-12(10-16(15)21)14-7-9-18(24-2)20(23)19(14)22/h4,6-7,9-10,13,17H,3,5,8,11H2,1-2H3. The van der Waals surface area contributed by atoms with Crippen LogP contribution in [0, 0.1) is 17.5 Å². The minimum absolute atomic E-state index is 0.0188. The molecular weight excluding hydrogens is 345 g/mol. The van der Waals surface area contributed by atoms with Gasteiger partial charge < -0.3 is 14.2 Å². The maximum absolute atomic E-state index is 14.6. The summed E-state index contributed by atoms with van der Waals surface area (Å²) in [7, 11) is 1.26. The summed E-state index contributed by atoms with van der Waals surface area (Å²) in [6.45, 7) is 2.95. The molecule has 3 rings (SSSR count). The summed E-state index contributed by atoms with van der Waals surface area (Å²) in [5.74, 6) is -2.85. The molecule has 1 fully saturated rings. The Hall–Kier alpha value is -2.05. The van der Waals surface area contributed by atoms with Gasteiger partial charge in [0.05, 0.1) is 25.9 Å². The molecule has 0 aliphatic carbocycles. The molecule has 1 saturated heterocycles. The van der Waals surface area contributed by atoms with Gasteiger partial charge in [0.25, 0.3) is 0 Å². The highest BCUT2D eigenvalue weighted by molar-refractivity contribution is 5.66. The molecule has 140 valence electrons. The summed E-state index contributed by atoms with van der Waals surface area (Å²) in [5, 5.41) is 0. The SMILES string of the molecule is CCOC1CCC(c2ccc(-c3ccc(OC)c(F)c3F)cc2F)OC1. The van der Waals surface area contributed by atoms with E-state index in [0.717, 1.165) is 6.42 Å². The van der Waals surface area contributed by atoms with Crippen LogP contribution in [0.2, 0.25) is 0 Å². The molecule has 0 N–H and O–H groups in total. The van der Waals surface area contributed by atoms with E-state index in [-0.39, 0.29) is 29.1 Å². The van der Waals surface area contributed by atoms with Gasteiger partial charge in [0.2, 0.25) is 5.82 Å². The molecule has 2 aromatic carbocycles. The second-order valence-corrected chi connectivity index (χ2v) is 6.16. The molecule has 1 aliphatic rings. The van der Waals surface area contributed by atoms with E-state index < -0.39 is 17.5 Å². The van der Waals surface area contributed by atoms with Crippen LogP contribution in [0.3, 0.4) is 0 Å². The maximum atomic E-state index is 14.6. The van der Waals surface area contributed by atoms with Crippen molar-refractivity contribution in [3.8, 4) is 16.9 Å². The lowest BCUT2D eigenvalue weighted by molar-refractivity contribution is -0.0849. The Kier molecular flexibility index (Phi) is 5.84.